The zero-order valence-corrected chi connectivity index (χ0v) is 35.8. The van der Waals surface area contributed by atoms with Crippen LogP contribution in [-0.4, -0.2) is 94.8 Å². The lowest BCUT2D eigenvalue weighted by Crippen LogP contribution is -2.29. The van der Waals surface area contributed by atoms with Crippen molar-refractivity contribution < 1.29 is 74.2 Å². The third-order valence-electron chi connectivity index (χ3n) is 9.89. The number of hydrogen-bond donors (Lipinski definition) is 6. The van der Waals surface area contributed by atoms with E-state index >= 15 is 0 Å². The molecule has 0 bridgehead atoms. The van der Waals surface area contributed by atoms with E-state index in [4.69, 9.17) is 41.2 Å². The molecule has 29 heteroatoms. The zero-order valence-electron chi connectivity index (χ0n) is 34.2. The highest BCUT2D eigenvalue weighted by Gasteiger charge is 2.37. The molecule has 2 amide bonds. The fraction of sp³-hybridized carbons (Fsp3) is 0.316. The molecule has 0 aliphatic carbocycles. The van der Waals surface area contributed by atoms with Crippen LogP contribution in [0.1, 0.15) is 56.8 Å². The Bertz CT molecular complexity index is 2640. The van der Waals surface area contributed by atoms with Crippen molar-refractivity contribution >= 4 is 71.5 Å². The second-order valence-electron chi connectivity index (χ2n) is 14.5. The molecule has 0 saturated carbocycles. The quantitative estimate of drug-likeness (QED) is 0.104. The summed E-state index contributed by atoms with van der Waals surface area (Å²) < 4.78 is 107. The van der Waals surface area contributed by atoms with Crippen molar-refractivity contribution in [3.63, 3.8) is 0 Å². The highest BCUT2D eigenvalue weighted by molar-refractivity contribution is 9.10. The SMILES string of the molecule is N#C[C@H]1CCOCC1n1cc(C(N)=O)c(N)n1.N#C[C@H]1CCOCC1n1cc(C(N)=O)c(Nc2cc3c(c(OC(F)(F)F)c2)OB(O)C=C3)n1.OB1C=Cc2cc(Br)cc(OC(F)(F)F)c2O1. The van der Waals surface area contributed by atoms with Crippen molar-refractivity contribution in [3.8, 4) is 35.1 Å². The number of fused-ring (bicyclic) bond motifs is 2. The largest absolute Gasteiger partial charge is 0.573 e. The number of amides is 2. The van der Waals surface area contributed by atoms with Gasteiger partial charge in [-0.3, -0.25) is 19.0 Å². The van der Waals surface area contributed by atoms with Crippen LogP contribution in [0.3, 0.4) is 0 Å². The Kier molecular flexibility index (Phi) is 15.3. The van der Waals surface area contributed by atoms with Crippen LogP contribution in [0.5, 0.6) is 23.0 Å². The molecule has 9 N–H and O–H groups in total. The van der Waals surface area contributed by atoms with Crippen LogP contribution in [-0.2, 0) is 9.47 Å². The van der Waals surface area contributed by atoms with E-state index in [1.54, 1.807) is 6.07 Å². The first-order valence-electron chi connectivity index (χ1n) is 19.5. The van der Waals surface area contributed by atoms with Gasteiger partial charge in [0.25, 0.3) is 11.8 Å². The maximum absolute atomic E-state index is 12.9. The molecule has 2 unspecified atom stereocenters. The first kappa shape index (κ1) is 49.5. The molecule has 2 aromatic heterocycles. The molecular weight excluding hydrogens is 972 g/mol. The molecule has 0 radical (unpaired) electrons. The molecule has 20 nitrogen and oxygen atoms in total. The van der Waals surface area contributed by atoms with Crippen molar-refractivity contribution in [3.05, 3.63) is 75.3 Å². The number of benzene rings is 2. The lowest BCUT2D eigenvalue weighted by atomic mass is 9.86. The fourth-order valence-corrected chi connectivity index (χ4v) is 7.34. The Morgan fingerprint density at radius 3 is 1.75 bits per heavy atom. The van der Waals surface area contributed by atoms with Gasteiger partial charge in [0.1, 0.15) is 11.1 Å². The number of halogens is 7. The Morgan fingerprint density at radius 2 is 1.27 bits per heavy atom. The van der Waals surface area contributed by atoms with E-state index < -0.39 is 62.2 Å². The maximum atomic E-state index is 12.9. The lowest BCUT2D eigenvalue weighted by Gasteiger charge is -2.27. The van der Waals surface area contributed by atoms with Gasteiger partial charge in [0.2, 0.25) is 0 Å². The second-order valence-corrected chi connectivity index (χ2v) is 15.4. The number of alkyl halides is 6. The summed E-state index contributed by atoms with van der Waals surface area (Å²) in [6.45, 7) is 1.57. The number of nitriles is 2. The first-order valence-corrected chi connectivity index (χ1v) is 20.3. The topological polar surface area (TPSA) is 303 Å². The van der Waals surface area contributed by atoms with Gasteiger partial charge in [-0.05, 0) is 43.0 Å². The third-order valence-corrected chi connectivity index (χ3v) is 10.3. The summed E-state index contributed by atoms with van der Waals surface area (Å²) in [6.07, 6.45) is -3.05. The predicted molar refractivity (Wildman–Crippen MR) is 226 cm³/mol. The number of primary amides is 2. The Hall–Kier alpha value is -6.91. The van der Waals surface area contributed by atoms with Crippen LogP contribution in [0.15, 0.2) is 53.1 Å². The molecule has 8 rings (SSSR count). The minimum atomic E-state index is -5.02. The number of nitrogens with zero attached hydrogens (tertiary/aromatic N) is 6. The molecule has 352 valence electrons. The highest BCUT2D eigenvalue weighted by atomic mass is 79.9. The first-order chi connectivity index (χ1) is 31.6. The Balaban J connectivity index is 0.000000183. The van der Waals surface area contributed by atoms with Crippen LogP contribution >= 0.6 is 15.9 Å². The van der Waals surface area contributed by atoms with Crippen LogP contribution in [0.2, 0.25) is 0 Å². The molecule has 67 heavy (non-hydrogen) atoms. The van der Waals surface area contributed by atoms with E-state index in [2.05, 4.69) is 53.1 Å². The highest BCUT2D eigenvalue weighted by Crippen LogP contribution is 2.42. The predicted octanol–water partition coefficient (Wildman–Crippen LogP) is 4.59. The zero-order chi connectivity index (χ0) is 48.8. The lowest BCUT2D eigenvalue weighted by molar-refractivity contribution is -0.276. The smallest absolute Gasteiger partial charge is 0.530 e. The Morgan fingerprint density at radius 1 is 0.791 bits per heavy atom. The van der Waals surface area contributed by atoms with Crippen molar-refractivity contribution in [2.45, 2.75) is 37.7 Å². The molecule has 2 fully saturated rings. The van der Waals surface area contributed by atoms with Gasteiger partial charge in [0.05, 0.1) is 49.3 Å². The van der Waals surface area contributed by atoms with Gasteiger partial charge in [-0.25, -0.2) is 0 Å². The van der Waals surface area contributed by atoms with Gasteiger partial charge in [-0.2, -0.15) is 20.7 Å². The maximum Gasteiger partial charge on any atom is 0.573 e. The average Bonchev–Trinajstić information content (AvgIpc) is 3.87. The Labute approximate surface area is 383 Å². The molecule has 2 aromatic carbocycles. The summed E-state index contributed by atoms with van der Waals surface area (Å²) in [4.78, 5) is 23.0. The summed E-state index contributed by atoms with van der Waals surface area (Å²) >= 11 is 3.06. The molecular formula is C38H35B2BrF6N10O10. The molecule has 4 atom stereocenters. The molecule has 4 aromatic rings. The van der Waals surface area contributed by atoms with Gasteiger partial charge in [-0.1, -0.05) is 28.1 Å². The summed E-state index contributed by atoms with van der Waals surface area (Å²) in [5.41, 5.74) is 17.0. The van der Waals surface area contributed by atoms with Crippen molar-refractivity contribution in [2.24, 2.45) is 23.3 Å². The minimum Gasteiger partial charge on any atom is -0.530 e. The molecule has 4 aliphatic heterocycles. The summed E-state index contributed by atoms with van der Waals surface area (Å²) in [7, 11) is -2.71. The van der Waals surface area contributed by atoms with Gasteiger partial charge >= 0.3 is 27.0 Å². The van der Waals surface area contributed by atoms with Crippen LogP contribution < -0.4 is 41.3 Å². The van der Waals surface area contributed by atoms with E-state index in [0.29, 0.717) is 42.7 Å². The van der Waals surface area contributed by atoms with Crippen molar-refractivity contribution in [2.75, 3.05) is 37.5 Å². The summed E-state index contributed by atoms with van der Waals surface area (Å²) in [5, 5.41) is 48.3. The number of ether oxygens (including phenoxy) is 4. The number of nitrogens with two attached hydrogens (primary N) is 3. The number of aromatic nitrogens is 4. The van der Waals surface area contributed by atoms with E-state index in [0.717, 1.165) is 12.1 Å². The van der Waals surface area contributed by atoms with Crippen LogP contribution in [0.25, 0.3) is 12.2 Å². The number of nitrogens with one attached hydrogen (secondary N) is 1. The van der Waals surface area contributed by atoms with E-state index in [1.807, 2.05) is 0 Å². The van der Waals surface area contributed by atoms with E-state index in [-0.39, 0.29) is 64.1 Å². The standard InChI is InChI=1S/C19H17BF3N5O5.C10H13N5O2.C9H5BBrF3O3/c21-19(22,23)32-15-6-12(5-10-1-3-20(30)33-16(10)15)26-18-13(17(25)29)8-28(27-18)14-9-31-4-2-11(14)7-24;11-3-6-1-2-17-5-8(6)15-4-7(10(13)16)9(12)14-15;11-6-3-5-1-2-10(15)17-8(5)7(4-6)16-9(12,13)14/h1,3,5-6,8,11,14,30H,2,4,9H2,(H2,25,29)(H,26,27);4,6,8H,1-2,5H2,(H2,12,14)(H2,13,16);1-4,15H/t11-,14?;6-,8?;/m11./s1. The van der Waals surface area contributed by atoms with E-state index in [9.17, 15) is 51.2 Å². The fourth-order valence-electron chi connectivity index (χ4n) is 6.88. The number of hydrogen-bond acceptors (Lipinski definition) is 16. The average molecular weight is 1010 g/mol. The van der Waals surface area contributed by atoms with Gasteiger partial charge in [-0.15, -0.1) is 26.3 Å². The summed E-state index contributed by atoms with van der Waals surface area (Å²) in [5.74, 6) is -1.08. The van der Waals surface area contributed by atoms with Crippen LogP contribution in [0, 0.1) is 34.5 Å². The minimum absolute atomic E-state index is 0.0246. The molecule has 2 saturated heterocycles. The van der Waals surface area contributed by atoms with Gasteiger partial charge in [0, 0.05) is 53.0 Å². The number of anilines is 3. The summed E-state index contributed by atoms with van der Waals surface area (Å²) in [6, 6.07) is 8.80. The van der Waals surface area contributed by atoms with Gasteiger partial charge < -0.3 is 60.8 Å². The molecule has 4 aliphatic rings. The molecule has 6 heterocycles. The van der Waals surface area contributed by atoms with Crippen molar-refractivity contribution in [1.29, 1.82) is 10.5 Å². The second kappa shape index (κ2) is 20.7. The normalized spacial score (nSPS) is 19.6. The number of carbonyl (C=O) groups is 2. The monoisotopic (exact) mass is 1010 g/mol. The van der Waals surface area contributed by atoms with Gasteiger partial charge in [0.15, 0.2) is 34.6 Å². The number of rotatable bonds is 8. The third kappa shape index (κ3) is 12.7. The molecule has 0 spiro atoms. The van der Waals surface area contributed by atoms with Crippen LogP contribution in [0.4, 0.5) is 43.7 Å². The number of nitrogen functional groups attached to an aromatic ring is 1. The van der Waals surface area contributed by atoms with E-state index in [1.165, 1.54) is 51.9 Å². The van der Waals surface area contributed by atoms with Crippen molar-refractivity contribution in [1.82, 2.24) is 19.6 Å². The number of carbonyl (C=O) groups excluding carboxylic acids is 2.